The summed E-state index contributed by atoms with van der Waals surface area (Å²) in [6.45, 7) is 9.18. The molecule has 3 unspecified atom stereocenters. The highest BCUT2D eigenvalue weighted by Crippen LogP contribution is 2.43. The van der Waals surface area contributed by atoms with Crippen molar-refractivity contribution in [2.75, 3.05) is 0 Å². The van der Waals surface area contributed by atoms with Crippen molar-refractivity contribution in [1.82, 2.24) is 5.32 Å². The molecule has 0 amide bonds. The van der Waals surface area contributed by atoms with Gasteiger partial charge in [0.25, 0.3) is 0 Å². The van der Waals surface area contributed by atoms with E-state index in [1.165, 1.54) is 49.8 Å². The van der Waals surface area contributed by atoms with Crippen molar-refractivity contribution in [3.63, 3.8) is 0 Å². The number of aryl methyl sites for hydroxylation is 1. The molecule has 0 spiro atoms. The van der Waals surface area contributed by atoms with E-state index in [1.807, 2.05) is 0 Å². The quantitative estimate of drug-likeness (QED) is 0.831. The Kier molecular flexibility index (Phi) is 4.18. The molecule has 1 fully saturated rings. The van der Waals surface area contributed by atoms with Crippen LogP contribution in [0, 0.1) is 18.3 Å². The Bertz CT molecular complexity index is 488. The van der Waals surface area contributed by atoms with Crippen LogP contribution in [-0.4, -0.2) is 6.04 Å². The van der Waals surface area contributed by atoms with Gasteiger partial charge in [0, 0.05) is 24.1 Å². The minimum Gasteiger partial charge on any atom is -0.466 e. The Morgan fingerprint density at radius 3 is 2.81 bits per heavy atom. The molecule has 1 N–H and O–H groups in total. The Balaban J connectivity index is 1.80. The fraction of sp³-hybridized carbons (Fsp3) is 0.789. The van der Waals surface area contributed by atoms with E-state index in [1.54, 1.807) is 0 Å². The monoisotopic (exact) mass is 289 g/mol. The van der Waals surface area contributed by atoms with Gasteiger partial charge < -0.3 is 9.73 Å². The number of nitrogens with one attached hydrogen (secondary N) is 1. The second-order valence-corrected chi connectivity index (χ2v) is 8.06. The number of rotatable bonds is 3. The molecular weight excluding hydrogens is 258 g/mol. The Morgan fingerprint density at radius 1 is 1.29 bits per heavy atom. The van der Waals surface area contributed by atoms with Crippen molar-refractivity contribution < 1.29 is 4.42 Å². The van der Waals surface area contributed by atoms with E-state index in [4.69, 9.17) is 4.42 Å². The average molecular weight is 289 g/mol. The average Bonchev–Trinajstić information content (AvgIpc) is 2.78. The zero-order valence-electron chi connectivity index (χ0n) is 14.2. The molecular formula is C19H31NO. The lowest BCUT2D eigenvalue weighted by Gasteiger charge is -2.40. The van der Waals surface area contributed by atoms with Gasteiger partial charge in [-0.05, 0) is 43.6 Å². The first-order valence-corrected chi connectivity index (χ1v) is 8.84. The summed E-state index contributed by atoms with van der Waals surface area (Å²) in [6, 6.07) is 3.45. The second-order valence-electron chi connectivity index (χ2n) is 8.06. The summed E-state index contributed by atoms with van der Waals surface area (Å²) >= 11 is 0. The summed E-state index contributed by atoms with van der Waals surface area (Å²) in [5, 5.41) is 4.02. The molecule has 3 rings (SSSR count). The zero-order valence-corrected chi connectivity index (χ0v) is 14.2. The van der Waals surface area contributed by atoms with Gasteiger partial charge in [-0.15, -0.1) is 0 Å². The number of hydrogen-bond donors (Lipinski definition) is 1. The van der Waals surface area contributed by atoms with Gasteiger partial charge in [-0.2, -0.15) is 0 Å². The number of fused-ring (bicyclic) bond motifs is 1. The first kappa shape index (κ1) is 15.1. The lowest BCUT2D eigenvalue weighted by Crippen LogP contribution is -2.43. The molecule has 3 atom stereocenters. The highest BCUT2D eigenvalue weighted by atomic mass is 16.3. The molecule has 1 heterocycles. The lowest BCUT2D eigenvalue weighted by atomic mass is 9.73. The fourth-order valence-corrected chi connectivity index (χ4v) is 4.51. The number of furan rings is 1. The molecule has 1 saturated carbocycles. The van der Waals surface area contributed by atoms with Gasteiger partial charge in [-0.3, -0.25) is 0 Å². The van der Waals surface area contributed by atoms with Crippen molar-refractivity contribution in [2.24, 2.45) is 11.3 Å². The molecule has 0 bridgehead atoms. The van der Waals surface area contributed by atoms with Gasteiger partial charge in [-0.25, -0.2) is 0 Å². The second kappa shape index (κ2) is 5.79. The smallest absolute Gasteiger partial charge is 0.109 e. The highest BCUT2D eigenvalue weighted by Gasteiger charge is 2.36. The minimum atomic E-state index is 0.339. The van der Waals surface area contributed by atoms with Gasteiger partial charge in [0.05, 0.1) is 0 Å². The van der Waals surface area contributed by atoms with Gasteiger partial charge >= 0.3 is 0 Å². The molecule has 21 heavy (non-hydrogen) atoms. The molecule has 2 nitrogen and oxygen atoms in total. The summed E-state index contributed by atoms with van der Waals surface area (Å²) in [6.07, 6.45) is 9.18. The van der Waals surface area contributed by atoms with Crippen LogP contribution in [0.1, 0.15) is 82.4 Å². The summed E-state index contributed by atoms with van der Waals surface area (Å²) in [5.41, 5.74) is 1.78. The Hall–Kier alpha value is -0.760. The predicted molar refractivity (Wildman–Crippen MR) is 87.5 cm³/mol. The molecule has 2 aliphatic rings. The van der Waals surface area contributed by atoms with E-state index in [9.17, 15) is 0 Å². The van der Waals surface area contributed by atoms with E-state index in [-0.39, 0.29) is 0 Å². The van der Waals surface area contributed by atoms with Crippen molar-refractivity contribution in [3.8, 4) is 0 Å². The largest absolute Gasteiger partial charge is 0.466 e. The van der Waals surface area contributed by atoms with E-state index in [2.05, 4.69) is 39.1 Å². The summed E-state index contributed by atoms with van der Waals surface area (Å²) in [4.78, 5) is 0. The van der Waals surface area contributed by atoms with Crippen LogP contribution in [0.2, 0.25) is 0 Å². The molecule has 118 valence electrons. The lowest BCUT2D eigenvalue weighted by molar-refractivity contribution is 0.184. The van der Waals surface area contributed by atoms with Crippen LogP contribution in [0.15, 0.2) is 10.5 Å². The third kappa shape index (κ3) is 3.21. The number of hydrogen-bond acceptors (Lipinski definition) is 2. The van der Waals surface area contributed by atoms with E-state index >= 15 is 0 Å². The molecule has 0 saturated heterocycles. The van der Waals surface area contributed by atoms with Crippen molar-refractivity contribution >= 4 is 0 Å². The topological polar surface area (TPSA) is 25.2 Å². The third-order valence-corrected chi connectivity index (χ3v) is 5.58. The van der Waals surface area contributed by atoms with Crippen molar-refractivity contribution in [2.45, 2.75) is 84.7 Å². The Labute approximate surface area is 129 Å². The van der Waals surface area contributed by atoms with Crippen molar-refractivity contribution in [1.29, 1.82) is 0 Å². The van der Waals surface area contributed by atoms with Crippen LogP contribution < -0.4 is 5.32 Å². The normalized spacial score (nSPS) is 31.9. The maximum absolute atomic E-state index is 5.97. The van der Waals surface area contributed by atoms with Crippen molar-refractivity contribution in [3.05, 3.63) is 23.2 Å². The Morgan fingerprint density at radius 2 is 2.05 bits per heavy atom. The van der Waals surface area contributed by atoms with E-state index in [0.29, 0.717) is 17.5 Å². The van der Waals surface area contributed by atoms with Crippen LogP contribution in [0.3, 0.4) is 0 Å². The van der Waals surface area contributed by atoms with Crippen LogP contribution in [0.4, 0.5) is 0 Å². The molecule has 2 aliphatic carbocycles. The van der Waals surface area contributed by atoms with E-state index in [0.717, 1.165) is 18.1 Å². The third-order valence-electron chi connectivity index (χ3n) is 5.58. The van der Waals surface area contributed by atoms with Crippen LogP contribution in [0.5, 0.6) is 0 Å². The van der Waals surface area contributed by atoms with E-state index < -0.39 is 0 Å². The van der Waals surface area contributed by atoms with Gasteiger partial charge in [-0.1, -0.05) is 40.0 Å². The van der Waals surface area contributed by atoms with Crippen LogP contribution in [0.25, 0.3) is 0 Å². The standard InChI is InChI=1S/C19H31NO/c1-5-14-8-6-7-9-16(14)20-17-11-19(3,4)12-18-15(17)10-13(2)21-18/h10,14,16-17,20H,5-9,11-12H2,1-4H3. The maximum Gasteiger partial charge on any atom is 0.109 e. The SMILES string of the molecule is CCC1CCCCC1NC1CC(C)(C)Cc2oc(C)cc21. The molecule has 2 heteroatoms. The molecule has 1 aromatic heterocycles. The molecule has 1 aromatic rings. The highest BCUT2D eigenvalue weighted by molar-refractivity contribution is 5.29. The first-order chi connectivity index (χ1) is 9.98. The van der Waals surface area contributed by atoms with Crippen LogP contribution in [-0.2, 0) is 6.42 Å². The maximum atomic E-state index is 5.97. The molecule has 0 radical (unpaired) electrons. The van der Waals surface area contributed by atoms with Gasteiger partial charge in [0.1, 0.15) is 11.5 Å². The van der Waals surface area contributed by atoms with Gasteiger partial charge in [0.15, 0.2) is 0 Å². The first-order valence-electron chi connectivity index (χ1n) is 8.84. The van der Waals surface area contributed by atoms with Gasteiger partial charge in [0.2, 0.25) is 0 Å². The molecule has 0 aromatic carbocycles. The zero-order chi connectivity index (χ0) is 15.0. The van der Waals surface area contributed by atoms with Crippen LogP contribution >= 0.6 is 0 Å². The minimum absolute atomic E-state index is 0.339. The fourth-order valence-electron chi connectivity index (χ4n) is 4.51. The summed E-state index contributed by atoms with van der Waals surface area (Å²) < 4.78 is 5.97. The summed E-state index contributed by atoms with van der Waals surface area (Å²) in [5.74, 6) is 3.16. The molecule has 0 aliphatic heterocycles. The summed E-state index contributed by atoms with van der Waals surface area (Å²) in [7, 11) is 0. The predicted octanol–water partition coefficient (Wildman–Crippen LogP) is 5.16.